The second-order valence-corrected chi connectivity index (χ2v) is 7.24. The first-order valence-electron chi connectivity index (χ1n) is 8.68. The van der Waals surface area contributed by atoms with Crippen LogP contribution in [0.2, 0.25) is 0 Å². The van der Waals surface area contributed by atoms with E-state index < -0.39 is 6.04 Å². The molecular weight excluding hydrogens is 356 g/mol. The number of benzene rings is 1. The Hall–Kier alpha value is -2.22. The summed E-state index contributed by atoms with van der Waals surface area (Å²) in [5.41, 5.74) is 1.78. The minimum Gasteiger partial charge on any atom is -0.484 e. The number of anilines is 1. The molecule has 0 radical (unpaired) electrons. The molecule has 1 aromatic rings. The molecular formula is C18H22N2O5S. The summed E-state index contributed by atoms with van der Waals surface area (Å²) in [5, 5.41) is 2.81. The summed E-state index contributed by atoms with van der Waals surface area (Å²) < 4.78 is 10.7. The van der Waals surface area contributed by atoms with Gasteiger partial charge in [-0.25, -0.2) is 4.79 Å². The summed E-state index contributed by atoms with van der Waals surface area (Å²) >= 11 is 1.64. The number of nitrogens with zero attached hydrogens (tertiary/aromatic N) is 1. The van der Waals surface area contributed by atoms with Gasteiger partial charge in [0.15, 0.2) is 6.61 Å². The Kier molecular flexibility index (Phi) is 6.03. The number of aryl methyl sites for hydroxylation is 1. The van der Waals surface area contributed by atoms with Crippen LogP contribution in [0.5, 0.6) is 5.75 Å². The monoisotopic (exact) mass is 378 g/mol. The zero-order valence-corrected chi connectivity index (χ0v) is 15.5. The molecule has 1 fully saturated rings. The molecule has 0 spiro atoms. The van der Waals surface area contributed by atoms with Crippen molar-refractivity contribution in [1.29, 1.82) is 0 Å². The van der Waals surface area contributed by atoms with Crippen LogP contribution in [0.3, 0.4) is 0 Å². The normalized spacial score (nSPS) is 19.3. The molecule has 2 heterocycles. The van der Waals surface area contributed by atoms with Crippen LogP contribution >= 0.6 is 11.8 Å². The molecule has 140 valence electrons. The van der Waals surface area contributed by atoms with Crippen molar-refractivity contribution in [2.75, 3.05) is 36.6 Å². The van der Waals surface area contributed by atoms with Crippen LogP contribution in [0.1, 0.15) is 18.9 Å². The van der Waals surface area contributed by atoms with Gasteiger partial charge in [-0.15, -0.1) is 0 Å². The lowest BCUT2D eigenvalue weighted by molar-refractivity contribution is -0.154. The lowest BCUT2D eigenvalue weighted by atomic mass is 10.0. The van der Waals surface area contributed by atoms with Crippen molar-refractivity contribution in [1.82, 2.24) is 4.90 Å². The molecule has 3 rings (SSSR count). The number of carbonyl (C=O) groups is 3. The smallest absolute Gasteiger partial charge is 0.329 e. The summed E-state index contributed by atoms with van der Waals surface area (Å²) in [7, 11) is 0. The second-order valence-electron chi connectivity index (χ2n) is 6.09. The molecule has 0 aliphatic carbocycles. The maximum Gasteiger partial charge on any atom is 0.329 e. The number of ether oxygens (including phenoxy) is 2. The maximum atomic E-state index is 12.5. The number of amides is 2. The van der Waals surface area contributed by atoms with Crippen molar-refractivity contribution in [3.05, 3.63) is 23.8 Å². The second kappa shape index (κ2) is 8.44. The predicted molar refractivity (Wildman–Crippen MR) is 98.3 cm³/mol. The largest absolute Gasteiger partial charge is 0.484 e. The Balaban J connectivity index is 1.60. The molecule has 0 saturated carbocycles. The van der Waals surface area contributed by atoms with Gasteiger partial charge in [0.2, 0.25) is 5.91 Å². The van der Waals surface area contributed by atoms with E-state index in [2.05, 4.69) is 5.32 Å². The SMILES string of the molecule is CCOC(=O)C1CSCCN1C(=O)COc1ccc2c(c1)CCC(=O)N2. The number of thioether (sulfide) groups is 1. The molecule has 2 aliphatic heterocycles. The van der Waals surface area contributed by atoms with Gasteiger partial charge in [0.05, 0.1) is 6.61 Å². The molecule has 1 unspecified atom stereocenters. The Morgan fingerprint density at radius 1 is 1.35 bits per heavy atom. The highest BCUT2D eigenvalue weighted by Gasteiger charge is 2.33. The van der Waals surface area contributed by atoms with Crippen molar-refractivity contribution in [2.45, 2.75) is 25.8 Å². The third-order valence-corrected chi connectivity index (χ3v) is 5.36. The summed E-state index contributed by atoms with van der Waals surface area (Å²) in [6.45, 7) is 2.42. The van der Waals surface area contributed by atoms with Crippen LogP contribution in [-0.2, 0) is 25.5 Å². The van der Waals surface area contributed by atoms with Crippen molar-refractivity contribution < 1.29 is 23.9 Å². The molecule has 8 heteroatoms. The molecule has 7 nitrogen and oxygen atoms in total. The first kappa shape index (κ1) is 18.6. The zero-order valence-electron chi connectivity index (χ0n) is 14.7. The van der Waals surface area contributed by atoms with Crippen molar-refractivity contribution in [2.24, 2.45) is 0 Å². The van der Waals surface area contributed by atoms with E-state index in [1.807, 2.05) is 6.07 Å². The van der Waals surface area contributed by atoms with Gasteiger partial charge in [0, 0.05) is 30.2 Å². The minimum atomic E-state index is -0.552. The third kappa shape index (κ3) is 4.30. The van der Waals surface area contributed by atoms with Crippen molar-refractivity contribution >= 4 is 35.2 Å². The lowest BCUT2D eigenvalue weighted by Crippen LogP contribution is -2.52. The average molecular weight is 378 g/mol. The Morgan fingerprint density at radius 2 is 2.19 bits per heavy atom. The topological polar surface area (TPSA) is 84.9 Å². The van der Waals surface area contributed by atoms with E-state index >= 15 is 0 Å². The molecule has 1 atom stereocenters. The number of hydrogen-bond donors (Lipinski definition) is 1. The van der Waals surface area contributed by atoms with Crippen molar-refractivity contribution in [3.63, 3.8) is 0 Å². The molecule has 0 aromatic heterocycles. The molecule has 1 aromatic carbocycles. The molecule has 2 amide bonds. The third-order valence-electron chi connectivity index (χ3n) is 4.34. The highest BCUT2D eigenvalue weighted by atomic mass is 32.2. The van der Waals surface area contributed by atoms with E-state index in [1.165, 1.54) is 0 Å². The van der Waals surface area contributed by atoms with Crippen LogP contribution in [0.15, 0.2) is 18.2 Å². The van der Waals surface area contributed by atoms with Gasteiger partial charge in [-0.1, -0.05) is 0 Å². The fourth-order valence-corrected chi connectivity index (χ4v) is 4.05. The summed E-state index contributed by atoms with van der Waals surface area (Å²) in [6, 6.07) is 4.80. The number of nitrogens with one attached hydrogen (secondary N) is 1. The first-order valence-corrected chi connectivity index (χ1v) is 9.83. The van der Waals surface area contributed by atoms with Gasteiger partial charge in [-0.05, 0) is 37.1 Å². The average Bonchev–Trinajstić information content (AvgIpc) is 2.66. The first-order chi connectivity index (χ1) is 12.6. The Bertz CT molecular complexity index is 709. The van der Waals surface area contributed by atoms with Crippen LogP contribution < -0.4 is 10.1 Å². The van der Waals surface area contributed by atoms with Gasteiger partial charge in [-0.3, -0.25) is 9.59 Å². The molecule has 1 saturated heterocycles. The number of hydrogen-bond acceptors (Lipinski definition) is 6. The van der Waals surface area contributed by atoms with Gasteiger partial charge in [-0.2, -0.15) is 11.8 Å². The van der Waals surface area contributed by atoms with Crippen LogP contribution in [-0.4, -0.2) is 60.0 Å². The quantitative estimate of drug-likeness (QED) is 0.781. The Morgan fingerprint density at radius 3 is 3.00 bits per heavy atom. The molecule has 2 aliphatic rings. The minimum absolute atomic E-state index is 0.00863. The summed E-state index contributed by atoms with van der Waals surface area (Å²) in [5.74, 6) is 1.33. The van der Waals surface area contributed by atoms with E-state index in [0.717, 1.165) is 17.0 Å². The summed E-state index contributed by atoms with van der Waals surface area (Å²) in [4.78, 5) is 37.6. The number of carbonyl (C=O) groups excluding carboxylic acids is 3. The fraction of sp³-hybridized carbons (Fsp3) is 0.500. The highest BCUT2D eigenvalue weighted by molar-refractivity contribution is 7.99. The van der Waals surface area contributed by atoms with Crippen LogP contribution in [0.25, 0.3) is 0 Å². The van der Waals surface area contributed by atoms with Gasteiger partial charge >= 0.3 is 5.97 Å². The molecule has 1 N–H and O–H groups in total. The molecule has 0 bridgehead atoms. The predicted octanol–water partition coefficient (Wildman–Crippen LogP) is 1.46. The fourth-order valence-electron chi connectivity index (χ4n) is 3.01. The van der Waals surface area contributed by atoms with E-state index in [9.17, 15) is 14.4 Å². The van der Waals surface area contributed by atoms with E-state index in [1.54, 1.807) is 35.7 Å². The van der Waals surface area contributed by atoms with E-state index in [-0.39, 0.29) is 24.4 Å². The standard InChI is InChI=1S/C18H22N2O5S/c1-2-24-18(23)15-11-26-8-7-20(15)17(22)10-25-13-4-5-14-12(9-13)3-6-16(21)19-14/h4-5,9,15H,2-3,6-8,10-11H2,1H3,(H,19,21). The van der Waals surface area contributed by atoms with E-state index in [4.69, 9.17) is 9.47 Å². The van der Waals surface area contributed by atoms with Crippen LogP contribution in [0, 0.1) is 0 Å². The lowest BCUT2D eigenvalue weighted by Gasteiger charge is -2.33. The van der Waals surface area contributed by atoms with Crippen molar-refractivity contribution in [3.8, 4) is 5.75 Å². The highest BCUT2D eigenvalue weighted by Crippen LogP contribution is 2.27. The number of rotatable bonds is 5. The van der Waals surface area contributed by atoms with Gasteiger partial charge in [0.1, 0.15) is 11.8 Å². The summed E-state index contributed by atoms with van der Waals surface area (Å²) in [6.07, 6.45) is 1.10. The Labute approximate surface area is 156 Å². The number of fused-ring (bicyclic) bond motifs is 1. The number of esters is 1. The van der Waals surface area contributed by atoms with E-state index in [0.29, 0.717) is 37.5 Å². The maximum absolute atomic E-state index is 12.5. The van der Waals surface area contributed by atoms with Gasteiger partial charge in [0.25, 0.3) is 5.91 Å². The van der Waals surface area contributed by atoms with Crippen LogP contribution in [0.4, 0.5) is 5.69 Å². The zero-order chi connectivity index (χ0) is 18.5. The molecule has 26 heavy (non-hydrogen) atoms. The van der Waals surface area contributed by atoms with Gasteiger partial charge < -0.3 is 19.7 Å².